The van der Waals surface area contributed by atoms with Crippen LogP contribution in [0, 0.1) is 5.92 Å². The van der Waals surface area contributed by atoms with Crippen molar-refractivity contribution in [2.45, 2.75) is 19.1 Å². The standard InChI is InChI=1S/C19H23N3OS/c1-15-8-10-22(12-15)18-6-4-17(5-7-18)21-19(23)14-24-13-16-3-2-9-20-11-16/h2-7,9,11,15H,8,10,12-14H2,1H3,(H,21,23). The summed E-state index contributed by atoms with van der Waals surface area (Å²) in [6, 6.07) is 12.1. The van der Waals surface area contributed by atoms with Crippen LogP contribution in [0.3, 0.4) is 0 Å². The summed E-state index contributed by atoms with van der Waals surface area (Å²) >= 11 is 1.60. The van der Waals surface area contributed by atoms with Gasteiger partial charge in [0.25, 0.3) is 0 Å². The summed E-state index contributed by atoms with van der Waals surface area (Å²) in [4.78, 5) is 18.5. The molecule has 1 N–H and O–H groups in total. The predicted octanol–water partition coefficient (Wildman–Crippen LogP) is 3.80. The Bertz CT molecular complexity index is 660. The van der Waals surface area contributed by atoms with E-state index in [-0.39, 0.29) is 5.91 Å². The fourth-order valence-electron chi connectivity index (χ4n) is 2.87. The van der Waals surface area contributed by atoms with Gasteiger partial charge >= 0.3 is 0 Å². The summed E-state index contributed by atoms with van der Waals surface area (Å²) in [5, 5.41) is 2.96. The third-order valence-corrected chi connectivity index (χ3v) is 5.17. The van der Waals surface area contributed by atoms with Crippen LogP contribution in [0.15, 0.2) is 48.8 Å². The molecule has 2 aromatic rings. The SMILES string of the molecule is CC1CCN(c2ccc(NC(=O)CSCc3cccnc3)cc2)C1. The van der Waals surface area contributed by atoms with Crippen LogP contribution in [0.5, 0.6) is 0 Å². The number of benzene rings is 1. The fourth-order valence-corrected chi connectivity index (χ4v) is 3.63. The normalized spacial score (nSPS) is 17.0. The van der Waals surface area contributed by atoms with Gasteiger partial charge in [-0.15, -0.1) is 11.8 Å². The van der Waals surface area contributed by atoms with Crippen LogP contribution in [-0.2, 0) is 10.5 Å². The molecule has 0 spiro atoms. The van der Waals surface area contributed by atoms with Gasteiger partial charge in [0.1, 0.15) is 0 Å². The third-order valence-electron chi connectivity index (χ3n) is 4.16. The Morgan fingerprint density at radius 1 is 1.33 bits per heavy atom. The topological polar surface area (TPSA) is 45.2 Å². The minimum Gasteiger partial charge on any atom is -0.371 e. The third kappa shape index (κ3) is 4.74. The first-order chi connectivity index (χ1) is 11.7. The lowest BCUT2D eigenvalue weighted by atomic mass is 10.2. The molecule has 0 radical (unpaired) electrons. The smallest absolute Gasteiger partial charge is 0.234 e. The Kier molecular flexibility index (Phi) is 5.75. The van der Waals surface area contributed by atoms with Crippen molar-refractivity contribution in [3.8, 4) is 0 Å². The summed E-state index contributed by atoms with van der Waals surface area (Å²) in [5.74, 6) is 2.04. The van der Waals surface area contributed by atoms with E-state index in [2.05, 4.69) is 34.3 Å². The van der Waals surface area contributed by atoms with Gasteiger partial charge in [0.05, 0.1) is 5.75 Å². The average Bonchev–Trinajstić information content (AvgIpc) is 3.03. The molecule has 0 bridgehead atoms. The van der Waals surface area contributed by atoms with E-state index in [9.17, 15) is 4.79 Å². The molecule has 126 valence electrons. The maximum absolute atomic E-state index is 12.0. The highest BCUT2D eigenvalue weighted by atomic mass is 32.2. The zero-order chi connectivity index (χ0) is 16.8. The lowest BCUT2D eigenvalue weighted by Gasteiger charge is -2.18. The highest BCUT2D eigenvalue weighted by molar-refractivity contribution is 7.99. The highest BCUT2D eigenvalue weighted by Crippen LogP contribution is 2.24. The predicted molar refractivity (Wildman–Crippen MR) is 101 cm³/mol. The van der Waals surface area contributed by atoms with Gasteiger partial charge in [-0.1, -0.05) is 13.0 Å². The number of pyridine rings is 1. The Hall–Kier alpha value is -2.01. The highest BCUT2D eigenvalue weighted by Gasteiger charge is 2.18. The van der Waals surface area contributed by atoms with E-state index in [4.69, 9.17) is 0 Å². The summed E-state index contributed by atoms with van der Waals surface area (Å²) in [5.41, 5.74) is 3.24. The molecule has 1 aromatic carbocycles. The van der Waals surface area contributed by atoms with Gasteiger partial charge in [-0.3, -0.25) is 9.78 Å². The Morgan fingerprint density at radius 2 is 2.17 bits per heavy atom. The van der Waals surface area contributed by atoms with E-state index < -0.39 is 0 Å². The van der Waals surface area contributed by atoms with E-state index in [0.717, 1.165) is 36.0 Å². The van der Waals surface area contributed by atoms with Crippen molar-refractivity contribution < 1.29 is 4.79 Å². The second kappa shape index (κ2) is 8.20. The first-order valence-electron chi connectivity index (χ1n) is 8.32. The van der Waals surface area contributed by atoms with Gasteiger partial charge in [-0.2, -0.15) is 0 Å². The van der Waals surface area contributed by atoms with Gasteiger partial charge in [0.15, 0.2) is 0 Å². The molecule has 1 saturated heterocycles. The lowest BCUT2D eigenvalue weighted by Crippen LogP contribution is -2.19. The molecule has 1 aromatic heterocycles. The van der Waals surface area contributed by atoms with E-state index >= 15 is 0 Å². The van der Waals surface area contributed by atoms with Crippen molar-refractivity contribution in [1.82, 2.24) is 4.98 Å². The van der Waals surface area contributed by atoms with Crippen molar-refractivity contribution in [3.63, 3.8) is 0 Å². The number of anilines is 2. The maximum Gasteiger partial charge on any atom is 0.234 e. The van der Waals surface area contributed by atoms with Crippen molar-refractivity contribution in [2.24, 2.45) is 5.92 Å². The Balaban J connectivity index is 1.44. The van der Waals surface area contributed by atoms with Crippen LogP contribution < -0.4 is 10.2 Å². The molecule has 1 amide bonds. The quantitative estimate of drug-likeness (QED) is 0.868. The molecule has 1 unspecified atom stereocenters. The number of rotatable bonds is 6. The van der Waals surface area contributed by atoms with Gasteiger partial charge in [-0.25, -0.2) is 0 Å². The number of carbonyl (C=O) groups excluding carboxylic acids is 1. The average molecular weight is 341 g/mol. The number of nitrogens with one attached hydrogen (secondary N) is 1. The van der Waals surface area contributed by atoms with Crippen molar-refractivity contribution in [2.75, 3.05) is 29.1 Å². The van der Waals surface area contributed by atoms with Gasteiger partial charge < -0.3 is 10.2 Å². The zero-order valence-electron chi connectivity index (χ0n) is 13.9. The molecule has 5 heteroatoms. The molecular formula is C19H23N3OS. The summed E-state index contributed by atoms with van der Waals surface area (Å²) in [6.45, 7) is 4.53. The molecule has 1 aliphatic rings. The van der Waals surface area contributed by atoms with Crippen molar-refractivity contribution >= 4 is 29.0 Å². The van der Waals surface area contributed by atoms with Crippen LogP contribution in [0.1, 0.15) is 18.9 Å². The van der Waals surface area contributed by atoms with Gasteiger partial charge in [-0.05, 0) is 48.2 Å². The molecular weight excluding hydrogens is 318 g/mol. The molecule has 24 heavy (non-hydrogen) atoms. The monoisotopic (exact) mass is 341 g/mol. The Morgan fingerprint density at radius 3 is 2.83 bits per heavy atom. The Labute approximate surface area is 147 Å². The first-order valence-corrected chi connectivity index (χ1v) is 9.47. The van der Waals surface area contributed by atoms with Crippen LogP contribution >= 0.6 is 11.8 Å². The van der Waals surface area contributed by atoms with Gasteiger partial charge in [0, 0.05) is 42.6 Å². The molecule has 1 aliphatic heterocycles. The minimum absolute atomic E-state index is 0.0337. The molecule has 4 nitrogen and oxygen atoms in total. The number of nitrogens with zero attached hydrogens (tertiary/aromatic N) is 2. The molecule has 1 atom stereocenters. The minimum atomic E-state index is 0.0337. The number of hydrogen-bond acceptors (Lipinski definition) is 4. The fraction of sp³-hybridized carbons (Fsp3) is 0.368. The molecule has 0 aliphatic carbocycles. The van der Waals surface area contributed by atoms with Gasteiger partial charge in [0.2, 0.25) is 5.91 Å². The zero-order valence-corrected chi connectivity index (χ0v) is 14.8. The van der Waals surface area contributed by atoms with Crippen LogP contribution in [0.4, 0.5) is 11.4 Å². The summed E-state index contributed by atoms with van der Waals surface area (Å²) in [7, 11) is 0. The van der Waals surface area contributed by atoms with Crippen molar-refractivity contribution in [3.05, 3.63) is 54.4 Å². The summed E-state index contributed by atoms with van der Waals surface area (Å²) < 4.78 is 0. The summed E-state index contributed by atoms with van der Waals surface area (Å²) in [6.07, 6.45) is 4.85. The number of thioether (sulfide) groups is 1. The molecule has 2 heterocycles. The number of carbonyl (C=O) groups is 1. The van der Waals surface area contributed by atoms with Crippen LogP contribution in [0.25, 0.3) is 0 Å². The number of hydrogen-bond donors (Lipinski definition) is 1. The van der Waals surface area contributed by atoms with E-state index in [0.29, 0.717) is 5.75 Å². The second-order valence-electron chi connectivity index (χ2n) is 6.29. The second-order valence-corrected chi connectivity index (χ2v) is 7.27. The van der Waals surface area contributed by atoms with E-state index in [1.165, 1.54) is 12.1 Å². The van der Waals surface area contributed by atoms with Crippen LogP contribution in [0.2, 0.25) is 0 Å². The van der Waals surface area contributed by atoms with E-state index in [1.54, 1.807) is 18.0 Å². The largest absolute Gasteiger partial charge is 0.371 e. The molecule has 1 fully saturated rings. The van der Waals surface area contributed by atoms with Crippen molar-refractivity contribution in [1.29, 1.82) is 0 Å². The van der Waals surface area contributed by atoms with Crippen LogP contribution in [-0.4, -0.2) is 29.7 Å². The lowest BCUT2D eigenvalue weighted by molar-refractivity contribution is -0.113. The number of aromatic nitrogens is 1. The van der Waals surface area contributed by atoms with E-state index in [1.807, 2.05) is 30.5 Å². The molecule has 0 saturated carbocycles. The molecule has 3 rings (SSSR count). The first kappa shape index (κ1) is 16.8. The number of amides is 1. The maximum atomic E-state index is 12.0.